The molecule has 4 unspecified atom stereocenters. The van der Waals surface area contributed by atoms with Gasteiger partial charge in [-0.2, -0.15) is 0 Å². The highest BCUT2D eigenvalue weighted by molar-refractivity contribution is 5.85. The van der Waals surface area contributed by atoms with E-state index in [1.54, 1.807) is 6.20 Å². The Hall–Kier alpha value is -1.82. The van der Waals surface area contributed by atoms with E-state index in [9.17, 15) is 4.79 Å². The summed E-state index contributed by atoms with van der Waals surface area (Å²) in [5.41, 5.74) is 7.19. The second kappa shape index (κ2) is 9.40. The first kappa shape index (κ1) is 21.5. The molecule has 7 heteroatoms. The Balaban J connectivity index is 0.00000131. The number of carbonyl (C=O) groups is 1. The number of nitrogens with two attached hydrogens (primary N) is 1. The van der Waals surface area contributed by atoms with Gasteiger partial charge >= 0.3 is 0 Å². The molecule has 2 aliphatic rings. The molecule has 4 atom stereocenters. The SMILES string of the molecule is Cl.Cl.NC1C2CCC(C2)C1C(=O)NCc1ccc(Oc2ccccc2)nc1. The lowest BCUT2D eigenvalue weighted by Gasteiger charge is -2.27. The number of nitrogens with zero attached hydrogens (tertiary/aromatic N) is 1. The first-order chi connectivity index (χ1) is 12.2. The highest BCUT2D eigenvalue weighted by Gasteiger charge is 2.48. The number of carbonyl (C=O) groups excluding carboxylic acids is 1. The van der Waals surface area contributed by atoms with Crippen molar-refractivity contribution in [3.05, 3.63) is 54.2 Å². The van der Waals surface area contributed by atoms with Gasteiger partial charge in [0.2, 0.25) is 11.8 Å². The number of amides is 1. The van der Waals surface area contributed by atoms with Crippen LogP contribution >= 0.6 is 24.8 Å². The molecular weight excluding hydrogens is 385 g/mol. The Kier molecular flexibility index (Phi) is 7.48. The number of benzene rings is 1. The van der Waals surface area contributed by atoms with E-state index in [-0.39, 0.29) is 42.7 Å². The van der Waals surface area contributed by atoms with Gasteiger partial charge in [-0.15, -0.1) is 24.8 Å². The first-order valence-electron chi connectivity index (χ1n) is 8.92. The van der Waals surface area contributed by atoms with Gasteiger partial charge in [-0.05, 0) is 48.8 Å². The number of aromatic nitrogens is 1. The van der Waals surface area contributed by atoms with Gasteiger partial charge in [-0.3, -0.25) is 4.79 Å². The van der Waals surface area contributed by atoms with Gasteiger partial charge in [0.25, 0.3) is 0 Å². The van der Waals surface area contributed by atoms with Gasteiger partial charge in [0.15, 0.2) is 0 Å². The van der Waals surface area contributed by atoms with E-state index in [4.69, 9.17) is 10.5 Å². The summed E-state index contributed by atoms with van der Waals surface area (Å²) in [7, 11) is 0. The lowest BCUT2D eigenvalue weighted by atomic mass is 9.84. The minimum atomic E-state index is -0.0209. The topological polar surface area (TPSA) is 77.2 Å². The van der Waals surface area contributed by atoms with Crippen LogP contribution in [0, 0.1) is 17.8 Å². The molecule has 27 heavy (non-hydrogen) atoms. The number of hydrogen-bond donors (Lipinski definition) is 2. The molecule has 3 N–H and O–H groups in total. The maximum Gasteiger partial charge on any atom is 0.225 e. The number of fused-ring (bicyclic) bond motifs is 2. The fourth-order valence-corrected chi connectivity index (χ4v) is 4.22. The summed E-state index contributed by atoms with van der Waals surface area (Å²) in [6.07, 6.45) is 5.18. The molecule has 2 aliphatic carbocycles. The summed E-state index contributed by atoms with van der Waals surface area (Å²) in [6.45, 7) is 0.470. The molecule has 2 fully saturated rings. The highest BCUT2D eigenvalue weighted by Crippen LogP contribution is 2.47. The molecule has 0 spiro atoms. The van der Waals surface area contributed by atoms with E-state index < -0.39 is 0 Å². The van der Waals surface area contributed by atoms with E-state index in [1.807, 2.05) is 42.5 Å². The van der Waals surface area contributed by atoms with E-state index in [2.05, 4.69) is 10.3 Å². The number of pyridine rings is 1. The number of rotatable bonds is 5. The molecule has 1 aromatic carbocycles. The monoisotopic (exact) mass is 409 g/mol. The number of hydrogen-bond acceptors (Lipinski definition) is 4. The van der Waals surface area contributed by atoms with Crippen LogP contribution in [0.2, 0.25) is 0 Å². The minimum Gasteiger partial charge on any atom is -0.439 e. The standard InChI is InChI=1S/C20H23N3O2.2ClH/c21-19-15-8-7-14(10-15)18(19)20(24)23-12-13-6-9-17(22-11-13)25-16-4-2-1-3-5-16;;/h1-6,9,11,14-15,18-19H,7-8,10,12,21H2,(H,23,24);2*1H. The third-order valence-electron chi connectivity index (χ3n) is 5.51. The molecule has 2 bridgehead atoms. The second-order valence-electron chi connectivity index (χ2n) is 7.07. The van der Waals surface area contributed by atoms with Crippen LogP contribution < -0.4 is 15.8 Å². The predicted octanol–water partition coefficient (Wildman–Crippen LogP) is 3.71. The Bertz CT molecular complexity index is 741. The molecule has 0 aliphatic heterocycles. The van der Waals surface area contributed by atoms with Crippen molar-refractivity contribution in [2.45, 2.75) is 31.8 Å². The quantitative estimate of drug-likeness (QED) is 0.788. The molecule has 1 aromatic heterocycles. The summed E-state index contributed by atoms with van der Waals surface area (Å²) >= 11 is 0. The fraction of sp³-hybridized carbons (Fsp3) is 0.400. The molecular formula is C20H25Cl2N3O2. The van der Waals surface area contributed by atoms with Crippen molar-refractivity contribution >= 4 is 30.7 Å². The van der Waals surface area contributed by atoms with Crippen LogP contribution in [-0.2, 0) is 11.3 Å². The van der Waals surface area contributed by atoms with Gasteiger partial charge in [0.1, 0.15) is 5.75 Å². The van der Waals surface area contributed by atoms with Crippen molar-refractivity contribution in [3.63, 3.8) is 0 Å². The van der Waals surface area contributed by atoms with Gasteiger partial charge in [0.05, 0.1) is 5.92 Å². The molecule has 1 amide bonds. The average molecular weight is 410 g/mol. The summed E-state index contributed by atoms with van der Waals surface area (Å²) in [6, 6.07) is 13.3. The van der Waals surface area contributed by atoms with E-state index in [0.29, 0.717) is 24.3 Å². The molecule has 146 valence electrons. The third kappa shape index (κ3) is 4.72. The Morgan fingerprint density at radius 1 is 1.11 bits per heavy atom. The highest BCUT2D eigenvalue weighted by atomic mass is 35.5. The molecule has 1 heterocycles. The second-order valence-corrected chi connectivity index (χ2v) is 7.07. The molecule has 2 aromatic rings. The van der Waals surface area contributed by atoms with Crippen LogP contribution in [0.5, 0.6) is 11.6 Å². The average Bonchev–Trinajstić information content (AvgIpc) is 3.23. The van der Waals surface area contributed by atoms with Crippen molar-refractivity contribution in [2.24, 2.45) is 23.5 Å². The van der Waals surface area contributed by atoms with Crippen LogP contribution in [0.1, 0.15) is 24.8 Å². The summed E-state index contributed by atoms with van der Waals surface area (Å²) in [5, 5.41) is 3.03. The Labute approximate surface area is 171 Å². The number of para-hydroxylation sites is 1. The maximum atomic E-state index is 12.5. The minimum absolute atomic E-state index is 0. The molecule has 0 saturated heterocycles. The van der Waals surface area contributed by atoms with E-state index in [0.717, 1.165) is 24.2 Å². The fourth-order valence-electron chi connectivity index (χ4n) is 4.22. The van der Waals surface area contributed by atoms with E-state index in [1.165, 1.54) is 6.42 Å². The predicted molar refractivity (Wildman–Crippen MR) is 109 cm³/mol. The van der Waals surface area contributed by atoms with Crippen LogP contribution in [0.15, 0.2) is 48.7 Å². The van der Waals surface area contributed by atoms with Crippen LogP contribution in [0.3, 0.4) is 0 Å². The summed E-state index contributed by atoms with van der Waals surface area (Å²) in [5.74, 6) is 2.37. The maximum absolute atomic E-state index is 12.5. The normalized spacial score (nSPS) is 25.2. The van der Waals surface area contributed by atoms with Crippen molar-refractivity contribution in [2.75, 3.05) is 0 Å². The van der Waals surface area contributed by atoms with Crippen molar-refractivity contribution < 1.29 is 9.53 Å². The van der Waals surface area contributed by atoms with Crippen molar-refractivity contribution in [1.82, 2.24) is 10.3 Å². The lowest BCUT2D eigenvalue weighted by molar-refractivity contribution is -0.127. The summed E-state index contributed by atoms with van der Waals surface area (Å²) < 4.78 is 5.67. The van der Waals surface area contributed by atoms with E-state index >= 15 is 0 Å². The number of ether oxygens (including phenoxy) is 1. The van der Waals surface area contributed by atoms with Crippen LogP contribution in [0.4, 0.5) is 0 Å². The van der Waals surface area contributed by atoms with Gasteiger partial charge in [-0.1, -0.05) is 24.3 Å². The summed E-state index contributed by atoms with van der Waals surface area (Å²) in [4.78, 5) is 16.8. The largest absolute Gasteiger partial charge is 0.439 e. The zero-order valence-electron chi connectivity index (χ0n) is 14.9. The van der Waals surface area contributed by atoms with Gasteiger partial charge in [-0.25, -0.2) is 4.98 Å². The Morgan fingerprint density at radius 2 is 1.85 bits per heavy atom. The molecule has 0 radical (unpaired) electrons. The third-order valence-corrected chi connectivity index (χ3v) is 5.51. The molecule has 2 saturated carbocycles. The number of halogens is 2. The zero-order chi connectivity index (χ0) is 17.2. The number of nitrogens with one attached hydrogen (secondary N) is 1. The zero-order valence-corrected chi connectivity index (χ0v) is 16.5. The first-order valence-corrected chi connectivity index (χ1v) is 8.92. The van der Waals surface area contributed by atoms with Crippen LogP contribution in [0.25, 0.3) is 0 Å². The lowest BCUT2D eigenvalue weighted by Crippen LogP contribution is -2.45. The Morgan fingerprint density at radius 3 is 2.48 bits per heavy atom. The van der Waals surface area contributed by atoms with Gasteiger partial charge < -0.3 is 15.8 Å². The molecule has 4 rings (SSSR count). The molecule has 5 nitrogen and oxygen atoms in total. The smallest absolute Gasteiger partial charge is 0.225 e. The van der Waals surface area contributed by atoms with Crippen molar-refractivity contribution in [3.8, 4) is 11.6 Å². The van der Waals surface area contributed by atoms with Gasteiger partial charge in [0, 0.05) is 24.8 Å². The van der Waals surface area contributed by atoms with Crippen molar-refractivity contribution in [1.29, 1.82) is 0 Å². The van der Waals surface area contributed by atoms with Crippen LogP contribution in [-0.4, -0.2) is 16.9 Å².